The number of hydrogen-bond donors (Lipinski definition) is 1. The van der Waals surface area contributed by atoms with Crippen molar-refractivity contribution >= 4 is 34.8 Å². The van der Waals surface area contributed by atoms with Gasteiger partial charge in [-0.25, -0.2) is 0 Å². The zero-order valence-corrected chi connectivity index (χ0v) is 14.4. The minimum absolute atomic E-state index is 0.0972. The SMILES string of the molecule is O=CCOCCOCCOCCNC(=O)c1cccc(I)c1. The summed E-state index contributed by atoms with van der Waals surface area (Å²) in [7, 11) is 0. The number of hydrogen-bond acceptors (Lipinski definition) is 5. The lowest BCUT2D eigenvalue weighted by Gasteiger charge is -2.07. The first-order valence-corrected chi connectivity index (χ1v) is 8.02. The van der Waals surface area contributed by atoms with Gasteiger partial charge < -0.3 is 24.3 Å². The maximum atomic E-state index is 11.8. The standard InChI is InChI=1S/C15H20INO5/c16-14-3-1-2-13(12-14)15(19)17-4-6-20-8-10-22-11-9-21-7-5-18/h1-3,5,12H,4,6-11H2,(H,17,19). The predicted molar refractivity (Wildman–Crippen MR) is 90.0 cm³/mol. The molecule has 0 aliphatic rings. The highest BCUT2D eigenvalue weighted by atomic mass is 127. The van der Waals surface area contributed by atoms with Crippen LogP contribution >= 0.6 is 22.6 Å². The number of nitrogens with one attached hydrogen (secondary N) is 1. The maximum Gasteiger partial charge on any atom is 0.251 e. The summed E-state index contributed by atoms with van der Waals surface area (Å²) in [5, 5.41) is 2.79. The van der Waals surface area contributed by atoms with E-state index in [1.165, 1.54) is 0 Å². The van der Waals surface area contributed by atoms with Gasteiger partial charge in [0, 0.05) is 15.7 Å². The van der Waals surface area contributed by atoms with Gasteiger partial charge in [-0.15, -0.1) is 0 Å². The van der Waals surface area contributed by atoms with Crippen LogP contribution in [-0.4, -0.2) is 58.4 Å². The Morgan fingerprint density at radius 1 is 1.09 bits per heavy atom. The Hall–Kier alpha value is -1.03. The molecule has 1 rings (SSSR count). The molecule has 0 saturated heterocycles. The predicted octanol–water partition coefficient (Wildman–Crippen LogP) is 1.27. The molecule has 7 heteroatoms. The second-order valence-corrected chi connectivity index (χ2v) is 5.48. The number of halogens is 1. The van der Waals surface area contributed by atoms with Crippen molar-refractivity contribution in [3.63, 3.8) is 0 Å². The molecular formula is C15H20INO5. The van der Waals surface area contributed by atoms with Crippen molar-refractivity contribution in [2.45, 2.75) is 0 Å². The van der Waals surface area contributed by atoms with Gasteiger partial charge in [0.25, 0.3) is 5.91 Å². The Morgan fingerprint density at radius 2 is 1.77 bits per heavy atom. The summed E-state index contributed by atoms with van der Waals surface area (Å²) in [6.07, 6.45) is 0.702. The molecule has 0 atom stereocenters. The van der Waals surface area contributed by atoms with E-state index < -0.39 is 0 Å². The first-order chi connectivity index (χ1) is 10.7. The maximum absolute atomic E-state index is 11.8. The van der Waals surface area contributed by atoms with E-state index in [1.807, 2.05) is 18.2 Å². The molecule has 0 saturated carbocycles. The quantitative estimate of drug-likeness (QED) is 0.313. The summed E-state index contributed by atoms with van der Waals surface area (Å²) in [5.74, 6) is -0.106. The Balaban J connectivity index is 1.95. The van der Waals surface area contributed by atoms with Crippen LogP contribution in [0.15, 0.2) is 24.3 Å². The fourth-order valence-corrected chi connectivity index (χ4v) is 2.08. The van der Waals surface area contributed by atoms with Gasteiger partial charge in [-0.05, 0) is 40.8 Å². The second-order valence-electron chi connectivity index (χ2n) is 4.23. The highest BCUT2D eigenvalue weighted by Gasteiger charge is 2.04. The lowest BCUT2D eigenvalue weighted by molar-refractivity contribution is -0.112. The van der Waals surface area contributed by atoms with Crippen molar-refractivity contribution in [3.8, 4) is 0 Å². The van der Waals surface area contributed by atoms with Crippen molar-refractivity contribution in [2.24, 2.45) is 0 Å². The van der Waals surface area contributed by atoms with E-state index in [1.54, 1.807) is 6.07 Å². The number of ether oxygens (including phenoxy) is 3. The van der Waals surface area contributed by atoms with E-state index in [0.29, 0.717) is 51.4 Å². The van der Waals surface area contributed by atoms with Gasteiger partial charge in [-0.3, -0.25) is 4.79 Å². The monoisotopic (exact) mass is 421 g/mol. The third-order valence-corrected chi connectivity index (χ3v) is 3.22. The first-order valence-electron chi connectivity index (χ1n) is 6.94. The number of aldehydes is 1. The van der Waals surface area contributed by atoms with Gasteiger partial charge in [0.05, 0.1) is 33.0 Å². The van der Waals surface area contributed by atoms with Crippen LogP contribution in [0.4, 0.5) is 0 Å². The normalized spacial score (nSPS) is 10.4. The molecule has 0 radical (unpaired) electrons. The van der Waals surface area contributed by atoms with E-state index in [-0.39, 0.29) is 12.5 Å². The molecule has 0 spiro atoms. The summed E-state index contributed by atoms with van der Waals surface area (Å²) in [4.78, 5) is 21.8. The van der Waals surface area contributed by atoms with Crippen molar-refractivity contribution in [1.82, 2.24) is 5.32 Å². The van der Waals surface area contributed by atoms with Crippen LogP contribution in [0, 0.1) is 3.57 Å². The topological polar surface area (TPSA) is 73.9 Å². The summed E-state index contributed by atoms with van der Waals surface area (Å²) >= 11 is 2.17. The van der Waals surface area contributed by atoms with Gasteiger partial charge in [0.15, 0.2) is 0 Å². The largest absolute Gasteiger partial charge is 0.377 e. The van der Waals surface area contributed by atoms with Crippen LogP contribution in [0.25, 0.3) is 0 Å². The zero-order chi connectivity index (χ0) is 16.0. The summed E-state index contributed by atoms with van der Waals surface area (Å²) in [6, 6.07) is 7.39. The number of carbonyl (C=O) groups is 2. The molecule has 0 aromatic heterocycles. The number of benzene rings is 1. The van der Waals surface area contributed by atoms with Crippen LogP contribution < -0.4 is 5.32 Å². The van der Waals surface area contributed by atoms with Crippen LogP contribution in [0.5, 0.6) is 0 Å². The molecule has 22 heavy (non-hydrogen) atoms. The first kappa shape index (κ1) is 19.0. The Bertz CT molecular complexity index is 455. The molecule has 1 aromatic carbocycles. The molecule has 0 aliphatic heterocycles. The minimum Gasteiger partial charge on any atom is -0.377 e. The summed E-state index contributed by atoms with van der Waals surface area (Å²) in [6.45, 7) is 2.71. The Labute approximate surface area is 143 Å². The molecule has 0 fully saturated rings. The number of rotatable bonds is 12. The van der Waals surface area contributed by atoms with Gasteiger partial charge in [-0.2, -0.15) is 0 Å². The Morgan fingerprint density at radius 3 is 2.45 bits per heavy atom. The minimum atomic E-state index is -0.106. The molecule has 0 heterocycles. The average Bonchev–Trinajstić information content (AvgIpc) is 2.52. The van der Waals surface area contributed by atoms with E-state index in [0.717, 1.165) is 3.57 Å². The third kappa shape index (κ3) is 9.08. The lowest BCUT2D eigenvalue weighted by Crippen LogP contribution is -2.27. The van der Waals surface area contributed by atoms with Crippen molar-refractivity contribution in [2.75, 3.05) is 46.2 Å². The molecule has 0 bridgehead atoms. The third-order valence-electron chi connectivity index (χ3n) is 2.55. The van der Waals surface area contributed by atoms with Crippen molar-refractivity contribution in [1.29, 1.82) is 0 Å². The molecule has 1 N–H and O–H groups in total. The van der Waals surface area contributed by atoms with Crippen LogP contribution in [0.1, 0.15) is 10.4 Å². The number of carbonyl (C=O) groups excluding carboxylic acids is 2. The molecule has 6 nitrogen and oxygen atoms in total. The smallest absolute Gasteiger partial charge is 0.251 e. The van der Waals surface area contributed by atoms with E-state index in [2.05, 4.69) is 27.9 Å². The van der Waals surface area contributed by atoms with Gasteiger partial charge in [-0.1, -0.05) is 6.07 Å². The fraction of sp³-hybridized carbons (Fsp3) is 0.467. The van der Waals surface area contributed by atoms with E-state index in [4.69, 9.17) is 14.2 Å². The van der Waals surface area contributed by atoms with Gasteiger partial charge in [0.1, 0.15) is 12.9 Å². The molecule has 0 aliphatic carbocycles. The molecule has 1 aromatic rings. The molecule has 1 amide bonds. The highest BCUT2D eigenvalue weighted by molar-refractivity contribution is 14.1. The fourth-order valence-electron chi connectivity index (χ4n) is 1.54. The van der Waals surface area contributed by atoms with E-state index >= 15 is 0 Å². The molecular weight excluding hydrogens is 401 g/mol. The molecule has 0 unspecified atom stereocenters. The summed E-state index contributed by atoms with van der Waals surface area (Å²) < 4.78 is 16.5. The van der Waals surface area contributed by atoms with Gasteiger partial charge >= 0.3 is 0 Å². The van der Waals surface area contributed by atoms with Crippen LogP contribution in [0.2, 0.25) is 0 Å². The summed E-state index contributed by atoms with van der Waals surface area (Å²) in [5.41, 5.74) is 0.644. The Kier molecular flexibility index (Phi) is 10.8. The average molecular weight is 421 g/mol. The van der Waals surface area contributed by atoms with Crippen molar-refractivity contribution < 1.29 is 23.8 Å². The zero-order valence-electron chi connectivity index (χ0n) is 12.3. The number of amides is 1. The van der Waals surface area contributed by atoms with Crippen LogP contribution in [-0.2, 0) is 19.0 Å². The van der Waals surface area contributed by atoms with Crippen LogP contribution in [0.3, 0.4) is 0 Å². The molecule has 122 valence electrons. The van der Waals surface area contributed by atoms with E-state index in [9.17, 15) is 9.59 Å². The highest BCUT2D eigenvalue weighted by Crippen LogP contribution is 2.07. The second kappa shape index (κ2) is 12.5. The lowest BCUT2D eigenvalue weighted by atomic mass is 10.2. The van der Waals surface area contributed by atoms with Gasteiger partial charge in [0.2, 0.25) is 0 Å². The van der Waals surface area contributed by atoms with Crippen molar-refractivity contribution in [3.05, 3.63) is 33.4 Å².